The maximum atomic E-state index is 13.9. The molecule has 3 fully saturated rings. The SMILES string of the molecule is C=C(F)C(=O)N1CCN(c2nc(OCC34CCN(C)C3COC4)nc3c2CCN(c2cccc4cccc(Cl)c24)C3)C[C@@H]1CC#N. The van der Waals surface area contributed by atoms with Crippen LogP contribution >= 0.6 is 11.6 Å². The fraction of sp³-hybridized carbons (Fsp3) is 0.471. The first-order valence-corrected chi connectivity index (χ1v) is 16.2. The molecular formula is C34H37ClFN7O3. The molecule has 4 aliphatic heterocycles. The van der Waals surface area contributed by atoms with Crippen LogP contribution in [0.5, 0.6) is 6.01 Å². The summed E-state index contributed by atoms with van der Waals surface area (Å²) in [5.41, 5.74) is 2.81. The number of likely N-dealkylation sites (N-methyl/N-ethyl adjacent to an activating group) is 1. The van der Waals surface area contributed by atoms with Gasteiger partial charge in [0, 0.05) is 54.3 Å². The van der Waals surface area contributed by atoms with Gasteiger partial charge in [0.1, 0.15) is 12.4 Å². The molecule has 7 rings (SSSR count). The second kappa shape index (κ2) is 12.3. The van der Waals surface area contributed by atoms with Crippen molar-refractivity contribution in [3.8, 4) is 12.1 Å². The first-order valence-electron chi connectivity index (χ1n) is 15.8. The highest BCUT2D eigenvalue weighted by atomic mass is 35.5. The van der Waals surface area contributed by atoms with Gasteiger partial charge in [0.2, 0.25) is 0 Å². The van der Waals surface area contributed by atoms with Crippen molar-refractivity contribution >= 4 is 39.8 Å². The molecule has 0 saturated carbocycles. The van der Waals surface area contributed by atoms with Gasteiger partial charge < -0.3 is 29.1 Å². The van der Waals surface area contributed by atoms with Crippen molar-refractivity contribution in [2.45, 2.75) is 37.9 Å². The zero-order valence-electron chi connectivity index (χ0n) is 25.9. The van der Waals surface area contributed by atoms with E-state index in [0.717, 1.165) is 53.0 Å². The molecule has 2 unspecified atom stereocenters. The van der Waals surface area contributed by atoms with Gasteiger partial charge in [-0.05, 0) is 44.0 Å². The Hall–Kier alpha value is -3.98. The number of nitrogens with zero attached hydrogens (tertiary/aromatic N) is 7. The fourth-order valence-electron chi connectivity index (χ4n) is 7.66. The highest BCUT2D eigenvalue weighted by molar-refractivity contribution is 6.36. The smallest absolute Gasteiger partial charge is 0.318 e. The van der Waals surface area contributed by atoms with Crippen molar-refractivity contribution in [1.29, 1.82) is 5.26 Å². The molecule has 0 radical (unpaired) electrons. The average Bonchev–Trinajstić information content (AvgIpc) is 3.62. The number of piperazine rings is 1. The van der Waals surface area contributed by atoms with Gasteiger partial charge in [-0.15, -0.1) is 0 Å². The largest absolute Gasteiger partial charge is 0.463 e. The predicted octanol–water partition coefficient (Wildman–Crippen LogP) is 4.36. The fourth-order valence-corrected chi connectivity index (χ4v) is 7.94. The molecule has 10 nitrogen and oxygen atoms in total. The van der Waals surface area contributed by atoms with Crippen molar-refractivity contribution in [2.24, 2.45) is 5.41 Å². The molecule has 3 saturated heterocycles. The van der Waals surface area contributed by atoms with E-state index in [-0.39, 0.29) is 18.4 Å². The zero-order valence-corrected chi connectivity index (χ0v) is 26.7. The Morgan fingerprint density at radius 2 is 2.02 bits per heavy atom. The second-order valence-corrected chi connectivity index (χ2v) is 13.2. The molecule has 1 aromatic heterocycles. The number of ether oxygens (including phenoxy) is 2. The number of amides is 1. The third-order valence-electron chi connectivity index (χ3n) is 10.2. The molecule has 2 aromatic carbocycles. The van der Waals surface area contributed by atoms with E-state index in [2.05, 4.69) is 52.6 Å². The van der Waals surface area contributed by atoms with Gasteiger partial charge in [-0.3, -0.25) is 4.79 Å². The molecule has 46 heavy (non-hydrogen) atoms. The van der Waals surface area contributed by atoms with Gasteiger partial charge >= 0.3 is 6.01 Å². The number of hydrogen-bond donors (Lipinski definition) is 0. The standard InChI is InChI=1S/C34H37ClFN7O3/c1-22(36)32(44)43-16-15-42(17-24(43)9-12-37)31-25-10-13-41(28-8-4-6-23-5-3-7-26(35)30(23)28)18-27(25)38-33(39-31)46-21-34-11-14-40(2)29(34)19-45-20-34/h3-8,24,29H,1,9-11,13-21H2,2H3/t24-,29?,34?/m0/s1. The first-order chi connectivity index (χ1) is 22.3. The third kappa shape index (κ3) is 5.42. The lowest BCUT2D eigenvalue weighted by atomic mass is 9.84. The third-order valence-corrected chi connectivity index (χ3v) is 10.5. The van der Waals surface area contributed by atoms with Crippen LogP contribution in [-0.2, 0) is 22.5 Å². The Labute approximate surface area is 272 Å². The van der Waals surface area contributed by atoms with E-state index in [9.17, 15) is 14.4 Å². The number of likely N-dealkylation sites (tertiary alicyclic amines) is 1. The molecule has 1 amide bonds. The zero-order chi connectivity index (χ0) is 32.0. The van der Waals surface area contributed by atoms with Crippen LogP contribution < -0.4 is 14.5 Å². The predicted molar refractivity (Wildman–Crippen MR) is 174 cm³/mol. The van der Waals surface area contributed by atoms with Crippen LogP contribution in [0.25, 0.3) is 10.8 Å². The normalized spacial score (nSPS) is 24.5. The summed E-state index contributed by atoms with van der Waals surface area (Å²) in [6.07, 6.45) is 1.73. The highest BCUT2D eigenvalue weighted by Crippen LogP contribution is 2.42. The lowest BCUT2D eigenvalue weighted by molar-refractivity contribution is -0.131. The number of carbonyl (C=O) groups is 1. The lowest BCUT2D eigenvalue weighted by Gasteiger charge is -2.42. The van der Waals surface area contributed by atoms with Crippen LogP contribution in [0.3, 0.4) is 0 Å². The number of benzene rings is 2. The minimum absolute atomic E-state index is 0.0686. The summed E-state index contributed by atoms with van der Waals surface area (Å²) in [5, 5.41) is 12.3. The van der Waals surface area contributed by atoms with E-state index < -0.39 is 17.8 Å². The number of halogens is 2. The molecule has 3 atom stereocenters. The lowest BCUT2D eigenvalue weighted by Crippen LogP contribution is -2.55. The topological polar surface area (TPSA) is 98.1 Å². The maximum Gasteiger partial charge on any atom is 0.318 e. The summed E-state index contributed by atoms with van der Waals surface area (Å²) in [6.45, 7) is 8.23. The number of aromatic nitrogens is 2. The van der Waals surface area contributed by atoms with E-state index in [4.69, 9.17) is 31.0 Å². The summed E-state index contributed by atoms with van der Waals surface area (Å²) in [5.74, 6) is -1.05. The first kappa shape index (κ1) is 30.7. The second-order valence-electron chi connectivity index (χ2n) is 12.8. The molecule has 0 N–H and O–H groups in total. The number of hydrogen-bond acceptors (Lipinski definition) is 9. The maximum absolute atomic E-state index is 13.9. The molecule has 3 aromatic rings. The monoisotopic (exact) mass is 645 g/mol. The molecule has 240 valence electrons. The number of fused-ring (bicyclic) bond motifs is 3. The van der Waals surface area contributed by atoms with Crippen molar-refractivity contribution < 1.29 is 18.7 Å². The molecular weight excluding hydrogens is 609 g/mol. The summed E-state index contributed by atoms with van der Waals surface area (Å²) >= 11 is 6.71. The highest BCUT2D eigenvalue weighted by Gasteiger charge is 2.51. The van der Waals surface area contributed by atoms with Crippen LogP contribution in [0.15, 0.2) is 48.8 Å². The van der Waals surface area contributed by atoms with Crippen molar-refractivity contribution in [1.82, 2.24) is 19.8 Å². The Kier molecular flexibility index (Phi) is 8.21. The van der Waals surface area contributed by atoms with Gasteiger partial charge in [0.25, 0.3) is 5.91 Å². The number of anilines is 2. The average molecular weight is 646 g/mol. The Bertz CT molecular complexity index is 1730. The quantitative estimate of drug-likeness (QED) is 0.347. The molecule has 0 spiro atoms. The Morgan fingerprint density at radius 3 is 2.83 bits per heavy atom. The van der Waals surface area contributed by atoms with Crippen LogP contribution in [-0.4, -0.2) is 97.4 Å². The van der Waals surface area contributed by atoms with Crippen molar-refractivity contribution in [2.75, 3.05) is 69.4 Å². The summed E-state index contributed by atoms with van der Waals surface area (Å²) < 4.78 is 26.2. The Morgan fingerprint density at radius 1 is 1.20 bits per heavy atom. The molecule has 12 heteroatoms. The van der Waals surface area contributed by atoms with E-state index in [1.165, 1.54) is 4.90 Å². The van der Waals surface area contributed by atoms with Crippen LogP contribution in [0, 0.1) is 16.7 Å². The van der Waals surface area contributed by atoms with Gasteiger partial charge in [0.15, 0.2) is 5.83 Å². The van der Waals surface area contributed by atoms with E-state index in [1.807, 2.05) is 18.2 Å². The summed E-state index contributed by atoms with van der Waals surface area (Å²) in [7, 11) is 2.13. The number of rotatable bonds is 7. The van der Waals surface area contributed by atoms with Gasteiger partial charge in [0.05, 0.1) is 49.0 Å². The minimum Gasteiger partial charge on any atom is -0.463 e. The molecule has 0 aliphatic carbocycles. The van der Waals surface area contributed by atoms with Crippen LogP contribution in [0.4, 0.5) is 15.9 Å². The van der Waals surface area contributed by atoms with Crippen LogP contribution in [0.1, 0.15) is 24.1 Å². The van der Waals surface area contributed by atoms with Crippen molar-refractivity contribution in [3.63, 3.8) is 0 Å². The molecule has 5 heterocycles. The van der Waals surface area contributed by atoms with Gasteiger partial charge in [-0.25, -0.2) is 4.39 Å². The van der Waals surface area contributed by atoms with Gasteiger partial charge in [-0.2, -0.15) is 15.2 Å². The van der Waals surface area contributed by atoms with Crippen LogP contribution in [0.2, 0.25) is 5.02 Å². The number of nitriles is 1. The number of carbonyl (C=O) groups excluding carboxylic acids is 1. The van der Waals surface area contributed by atoms with E-state index in [1.54, 1.807) is 0 Å². The summed E-state index contributed by atoms with van der Waals surface area (Å²) in [4.78, 5) is 30.7. The summed E-state index contributed by atoms with van der Waals surface area (Å²) in [6, 6.07) is 14.4. The Balaban J connectivity index is 1.23. The molecule has 4 aliphatic rings. The minimum atomic E-state index is -1.02. The van der Waals surface area contributed by atoms with E-state index >= 15 is 0 Å². The van der Waals surface area contributed by atoms with Gasteiger partial charge in [-0.1, -0.05) is 42.4 Å². The van der Waals surface area contributed by atoms with E-state index in [0.29, 0.717) is 63.0 Å². The van der Waals surface area contributed by atoms with Crippen molar-refractivity contribution in [3.05, 3.63) is 65.1 Å². The molecule has 0 bridgehead atoms.